The maximum Gasteiger partial charge on any atom is 0.258 e. The molecule has 1 atom stereocenters. The van der Waals surface area contributed by atoms with E-state index in [9.17, 15) is 8.42 Å². The molecule has 100 valence electrons. The second kappa shape index (κ2) is 5.75. The summed E-state index contributed by atoms with van der Waals surface area (Å²) < 4.78 is 31.9. The summed E-state index contributed by atoms with van der Waals surface area (Å²) in [7, 11) is -3.57. The number of ether oxygens (including phenoxy) is 1. The number of nitrogens with zero attached hydrogens (tertiary/aromatic N) is 1. The van der Waals surface area contributed by atoms with Crippen molar-refractivity contribution in [2.75, 3.05) is 13.2 Å². The van der Waals surface area contributed by atoms with E-state index in [1.165, 1.54) is 12.3 Å². The Morgan fingerprint density at radius 1 is 1.50 bits per heavy atom. The van der Waals surface area contributed by atoms with Crippen LogP contribution in [-0.4, -0.2) is 32.7 Å². The Bertz CT molecular complexity index is 481. The van der Waals surface area contributed by atoms with Gasteiger partial charge in [-0.05, 0) is 24.5 Å². The van der Waals surface area contributed by atoms with Crippen molar-refractivity contribution < 1.29 is 13.2 Å². The van der Waals surface area contributed by atoms with Crippen LogP contribution in [0, 0.1) is 0 Å². The monoisotopic (exact) mass is 271 g/mol. The van der Waals surface area contributed by atoms with Gasteiger partial charge in [0.25, 0.3) is 10.0 Å². The number of nitrogens with one attached hydrogen (secondary N) is 1. The smallest absolute Gasteiger partial charge is 0.258 e. The van der Waals surface area contributed by atoms with E-state index in [0.29, 0.717) is 19.8 Å². The minimum Gasteiger partial charge on any atom is -0.380 e. The van der Waals surface area contributed by atoms with Gasteiger partial charge in [-0.1, -0.05) is 6.07 Å². The zero-order chi connectivity index (χ0) is 13.0. The van der Waals surface area contributed by atoms with Crippen molar-refractivity contribution in [2.24, 2.45) is 5.73 Å². The van der Waals surface area contributed by atoms with Crippen molar-refractivity contribution in [1.29, 1.82) is 0 Å². The highest BCUT2D eigenvalue weighted by Gasteiger charge is 2.23. The van der Waals surface area contributed by atoms with Gasteiger partial charge in [-0.25, -0.2) is 18.1 Å². The summed E-state index contributed by atoms with van der Waals surface area (Å²) in [5.74, 6) is 0. The third-order valence-electron chi connectivity index (χ3n) is 2.79. The lowest BCUT2D eigenvalue weighted by Crippen LogP contribution is -2.40. The molecule has 0 aliphatic carbocycles. The first-order valence-corrected chi connectivity index (χ1v) is 7.35. The lowest BCUT2D eigenvalue weighted by atomic mass is 10.1. The van der Waals surface area contributed by atoms with Gasteiger partial charge in [0, 0.05) is 25.4 Å². The third kappa shape index (κ3) is 3.26. The molecule has 1 saturated heterocycles. The maximum absolute atomic E-state index is 12.0. The molecular formula is C11H17N3O3S. The zero-order valence-electron chi connectivity index (χ0n) is 10.0. The second-order valence-electron chi connectivity index (χ2n) is 4.24. The Balaban J connectivity index is 2.08. The molecule has 1 unspecified atom stereocenters. The molecule has 0 bridgehead atoms. The van der Waals surface area contributed by atoms with Gasteiger partial charge in [-0.3, -0.25) is 0 Å². The standard InChI is InChI=1S/C11H17N3O3S/c12-6-9-3-4-11(13-7-9)18(15,16)14-10-2-1-5-17-8-10/h3-4,7,10,14H,1-2,5-6,8,12H2. The van der Waals surface area contributed by atoms with E-state index in [-0.39, 0.29) is 11.1 Å². The molecule has 0 radical (unpaired) electrons. The average molecular weight is 271 g/mol. The molecule has 0 amide bonds. The summed E-state index contributed by atoms with van der Waals surface area (Å²) in [5, 5.41) is 0.0188. The van der Waals surface area contributed by atoms with Crippen molar-refractivity contribution in [1.82, 2.24) is 9.71 Å². The van der Waals surface area contributed by atoms with E-state index in [0.717, 1.165) is 18.4 Å². The molecule has 1 aliphatic heterocycles. The summed E-state index contributed by atoms with van der Waals surface area (Å²) in [6.07, 6.45) is 3.14. The maximum atomic E-state index is 12.0. The Labute approximate surface area is 107 Å². The number of aromatic nitrogens is 1. The molecule has 7 heteroatoms. The predicted octanol–water partition coefficient (Wildman–Crippen LogP) is -0.00240. The highest BCUT2D eigenvalue weighted by Crippen LogP contribution is 2.11. The van der Waals surface area contributed by atoms with Crippen LogP contribution < -0.4 is 10.5 Å². The van der Waals surface area contributed by atoms with Gasteiger partial charge in [0.05, 0.1) is 6.61 Å². The van der Waals surface area contributed by atoms with Crippen LogP contribution in [0.5, 0.6) is 0 Å². The van der Waals surface area contributed by atoms with Gasteiger partial charge in [0.2, 0.25) is 0 Å². The van der Waals surface area contributed by atoms with Crippen LogP contribution in [0.4, 0.5) is 0 Å². The van der Waals surface area contributed by atoms with Crippen LogP contribution in [0.3, 0.4) is 0 Å². The number of pyridine rings is 1. The Hall–Kier alpha value is -1.02. The van der Waals surface area contributed by atoms with Crippen molar-refractivity contribution in [3.63, 3.8) is 0 Å². The first-order valence-electron chi connectivity index (χ1n) is 5.87. The molecule has 1 fully saturated rings. The highest BCUT2D eigenvalue weighted by molar-refractivity contribution is 7.89. The Kier molecular flexibility index (Phi) is 4.28. The molecule has 1 aliphatic rings. The first kappa shape index (κ1) is 13.4. The lowest BCUT2D eigenvalue weighted by molar-refractivity contribution is 0.0774. The van der Waals surface area contributed by atoms with E-state index in [2.05, 4.69) is 9.71 Å². The average Bonchev–Trinajstić information content (AvgIpc) is 2.39. The Morgan fingerprint density at radius 3 is 2.89 bits per heavy atom. The third-order valence-corrected chi connectivity index (χ3v) is 4.23. The van der Waals surface area contributed by atoms with Crippen LogP contribution in [0.25, 0.3) is 0 Å². The molecule has 1 aromatic rings. The number of nitrogens with two attached hydrogens (primary N) is 1. The summed E-state index contributed by atoms with van der Waals surface area (Å²) >= 11 is 0. The fourth-order valence-corrected chi connectivity index (χ4v) is 2.99. The van der Waals surface area contributed by atoms with Crippen LogP contribution in [0.1, 0.15) is 18.4 Å². The van der Waals surface area contributed by atoms with Crippen molar-refractivity contribution >= 4 is 10.0 Å². The minimum atomic E-state index is -3.57. The van der Waals surface area contributed by atoms with Gasteiger partial charge >= 0.3 is 0 Å². The summed E-state index contributed by atoms with van der Waals surface area (Å²) in [5.41, 5.74) is 6.24. The second-order valence-corrected chi connectivity index (χ2v) is 5.91. The summed E-state index contributed by atoms with van der Waals surface area (Å²) in [6.45, 7) is 1.46. The Morgan fingerprint density at radius 2 is 2.33 bits per heavy atom. The van der Waals surface area contributed by atoms with E-state index in [1.54, 1.807) is 6.07 Å². The van der Waals surface area contributed by atoms with Crippen LogP contribution in [0.2, 0.25) is 0 Å². The lowest BCUT2D eigenvalue weighted by Gasteiger charge is -2.22. The number of sulfonamides is 1. The van der Waals surface area contributed by atoms with Crippen molar-refractivity contribution in [3.05, 3.63) is 23.9 Å². The van der Waals surface area contributed by atoms with Crippen LogP contribution in [-0.2, 0) is 21.3 Å². The number of hydrogen-bond donors (Lipinski definition) is 2. The normalized spacial score (nSPS) is 20.8. The molecular weight excluding hydrogens is 254 g/mol. The van der Waals surface area contributed by atoms with E-state index < -0.39 is 10.0 Å². The fourth-order valence-electron chi connectivity index (χ4n) is 1.80. The molecule has 0 spiro atoms. The predicted molar refractivity (Wildman–Crippen MR) is 66.3 cm³/mol. The van der Waals surface area contributed by atoms with E-state index in [4.69, 9.17) is 10.5 Å². The van der Waals surface area contributed by atoms with Crippen molar-refractivity contribution in [2.45, 2.75) is 30.5 Å². The molecule has 6 nitrogen and oxygen atoms in total. The van der Waals surface area contributed by atoms with E-state index in [1.807, 2.05) is 0 Å². The van der Waals surface area contributed by atoms with Gasteiger partial charge in [-0.2, -0.15) is 0 Å². The fraction of sp³-hybridized carbons (Fsp3) is 0.545. The molecule has 2 heterocycles. The SMILES string of the molecule is NCc1ccc(S(=O)(=O)NC2CCCOC2)nc1. The van der Waals surface area contributed by atoms with Crippen LogP contribution >= 0.6 is 0 Å². The topological polar surface area (TPSA) is 94.3 Å². The molecule has 0 aromatic carbocycles. The summed E-state index contributed by atoms with van der Waals surface area (Å²) in [4.78, 5) is 3.92. The highest BCUT2D eigenvalue weighted by atomic mass is 32.2. The van der Waals surface area contributed by atoms with Gasteiger partial charge in [0.15, 0.2) is 5.03 Å². The van der Waals surface area contributed by atoms with Crippen LogP contribution in [0.15, 0.2) is 23.4 Å². The van der Waals surface area contributed by atoms with E-state index >= 15 is 0 Å². The molecule has 1 aromatic heterocycles. The van der Waals surface area contributed by atoms with Crippen molar-refractivity contribution in [3.8, 4) is 0 Å². The first-order chi connectivity index (χ1) is 8.62. The van der Waals surface area contributed by atoms with Gasteiger partial charge in [0.1, 0.15) is 0 Å². The summed E-state index contributed by atoms with van der Waals surface area (Å²) in [6, 6.07) is 2.97. The number of rotatable bonds is 4. The molecule has 18 heavy (non-hydrogen) atoms. The number of hydrogen-bond acceptors (Lipinski definition) is 5. The largest absolute Gasteiger partial charge is 0.380 e. The molecule has 3 N–H and O–H groups in total. The molecule has 2 rings (SSSR count). The molecule has 0 saturated carbocycles. The quantitative estimate of drug-likeness (QED) is 0.803. The zero-order valence-corrected chi connectivity index (χ0v) is 10.8. The van der Waals surface area contributed by atoms with Gasteiger partial charge < -0.3 is 10.5 Å². The van der Waals surface area contributed by atoms with Gasteiger partial charge in [-0.15, -0.1) is 0 Å². The minimum absolute atomic E-state index is 0.0188.